The van der Waals surface area contributed by atoms with E-state index in [-0.39, 0.29) is 36.0 Å². The number of carbonyl (C=O) groups is 3. The maximum atomic E-state index is 12.7. The molecule has 1 heterocycles. The van der Waals surface area contributed by atoms with Crippen LogP contribution in [0.2, 0.25) is 0 Å². The first-order valence-electron chi connectivity index (χ1n) is 9.62. The molecule has 2 N–H and O–H groups in total. The van der Waals surface area contributed by atoms with Gasteiger partial charge in [0.25, 0.3) is 0 Å². The highest BCUT2D eigenvalue weighted by molar-refractivity contribution is 7.13. The van der Waals surface area contributed by atoms with Crippen LogP contribution in [0, 0.1) is 11.8 Å². The summed E-state index contributed by atoms with van der Waals surface area (Å²) in [6, 6.07) is -0.614. The number of hydrogen-bond donors (Lipinski definition) is 2. The summed E-state index contributed by atoms with van der Waals surface area (Å²) in [5.74, 6) is -0.710. The fourth-order valence-electron chi connectivity index (χ4n) is 3.16. The van der Waals surface area contributed by atoms with Crippen LogP contribution < -0.4 is 10.6 Å². The van der Waals surface area contributed by atoms with Crippen LogP contribution in [0.1, 0.15) is 58.6 Å². The van der Waals surface area contributed by atoms with E-state index in [2.05, 4.69) is 15.6 Å². The van der Waals surface area contributed by atoms with Crippen LogP contribution in [0.5, 0.6) is 0 Å². The van der Waals surface area contributed by atoms with Gasteiger partial charge in [-0.3, -0.25) is 14.4 Å². The Morgan fingerprint density at radius 1 is 1.26 bits per heavy atom. The van der Waals surface area contributed by atoms with Gasteiger partial charge in [0.15, 0.2) is 5.13 Å². The van der Waals surface area contributed by atoms with Crippen molar-refractivity contribution in [3.8, 4) is 0 Å². The highest BCUT2D eigenvalue weighted by Gasteiger charge is 2.29. The third-order valence-corrected chi connectivity index (χ3v) is 5.44. The van der Waals surface area contributed by atoms with Gasteiger partial charge < -0.3 is 15.4 Å². The van der Waals surface area contributed by atoms with E-state index < -0.39 is 6.04 Å². The summed E-state index contributed by atoms with van der Waals surface area (Å²) in [6.45, 7) is 5.88. The molecular weight excluding hydrogens is 366 g/mol. The number of aromatic nitrogens is 1. The molecular formula is C19H29N3O4S. The Hall–Kier alpha value is -1.96. The molecule has 1 atom stereocenters. The molecule has 0 unspecified atom stereocenters. The van der Waals surface area contributed by atoms with E-state index in [1.165, 1.54) is 17.8 Å². The molecule has 0 saturated heterocycles. The fraction of sp³-hybridized carbons (Fsp3) is 0.684. The summed E-state index contributed by atoms with van der Waals surface area (Å²) >= 11 is 1.25. The zero-order valence-corrected chi connectivity index (χ0v) is 17.1. The van der Waals surface area contributed by atoms with Gasteiger partial charge in [0.2, 0.25) is 11.8 Å². The number of esters is 1. The lowest BCUT2D eigenvalue weighted by Gasteiger charge is -2.26. The molecule has 0 bridgehead atoms. The van der Waals surface area contributed by atoms with Gasteiger partial charge in [-0.25, -0.2) is 4.98 Å². The molecule has 0 aromatic carbocycles. The Labute approximate surface area is 164 Å². The molecule has 1 aliphatic carbocycles. The van der Waals surface area contributed by atoms with Crippen LogP contribution in [0.15, 0.2) is 5.38 Å². The largest absolute Gasteiger partial charge is 0.466 e. The van der Waals surface area contributed by atoms with E-state index in [1.54, 1.807) is 12.3 Å². The lowest BCUT2D eigenvalue weighted by molar-refractivity contribution is -0.142. The molecule has 1 fully saturated rings. The third kappa shape index (κ3) is 6.61. The second-order valence-corrected chi connectivity index (χ2v) is 8.04. The Morgan fingerprint density at radius 3 is 2.59 bits per heavy atom. The smallest absolute Gasteiger partial charge is 0.311 e. The van der Waals surface area contributed by atoms with Gasteiger partial charge in [-0.15, -0.1) is 11.3 Å². The summed E-state index contributed by atoms with van der Waals surface area (Å²) in [4.78, 5) is 40.9. The SMILES string of the molecule is CCOC(=O)Cc1csc(NC(=O)[C@@H](NC(=O)C2CCCCC2)C(C)C)n1. The van der Waals surface area contributed by atoms with Gasteiger partial charge in [0, 0.05) is 11.3 Å². The van der Waals surface area contributed by atoms with Gasteiger partial charge in [0.05, 0.1) is 18.7 Å². The first-order chi connectivity index (χ1) is 12.9. The molecule has 1 saturated carbocycles. The normalized spacial score (nSPS) is 16.0. The second kappa shape index (κ2) is 10.4. The third-order valence-electron chi connectivity index (χ3n) is 4.64. The van der Waals surface area contributed by atoms with Crippen molar-refractivity contribution in [2.75, 3.05) is 11.9 Å². The van der Waals surface area contributed by atoms with Gasteiger partial charge in [-0.2, -0.15) is 0 Å². The number of nitrogens with one attached hydrogen (secondary N) is 2. The number of amides is 2. The molecule has 0 spiro atoms. The van der Waals surface area contributed by atoms with Crippen molar-refractivity contribution in [3.63, 3.8) is 0 Å². The predicted octanol–water partition coefficient (Wildman–Crippen LogP) is 2.91. The Kier molecular flexibility index (Phi) is 8.22. The average Bonchev–Trinajstić information content (AvgIpc) is 3.06. The molecule has 150 valence electrons. The zero-order chi connectivity index (χ0) is 19.8. The lowest BCUT2D eigenvalue weighted by atomic mass is 9.88. The summed E-state index contributed by atoms with van der Waals surface area (Å²) in [5.41, 5.74) is 0.557. The van der Waals surface area contributed by atoms with Crippen LogP contribution in [-0.2, 0) is 25.5 Å². The monoisotopic (exact) mass is 395 g/mol. The number of thiazole rings is 1. The maximum Gasteiger partial charge on any atom is 0.311 e. The van der Waals surface area contributed by atoms with Crippen molar-refractivity contribution in [2.45, 2.75) is 65.3 Å². The fourth-order valence-corrected chi connectivity index (χ4v) is 3.87. The number of nitrogens with zero attached hydrogens (tertiary/aromatic N) is 1. The molecule has 27 heavy (non-hydrogen) atoms. The summed E-state index contributed by atoms with van der Waals surface area (Å²) < 4.78 is 4.90. The molecule has 1 aromatic rings. The molecule has 0 aliphatic heterocycles. The van der Waals surface area contributed by atoms with E-state index in [9.17, 15) is 14.4 Å². The van der Waals surface area contributed by atoms with Crippen molar-refractivity contribution >= 4 is 34.3 Å². The average molecular weight is 396 g/mol. The first-order valence-corrected chi connectivity index (χ1v) is 10.5. The van der Waals surface area contributed by atoms with Gasteiger partial charge in [-0.1, -0.05) is 33.1 Å². The summed E-state index contributed by atoms with van der Waals surface area (Å²) in [6.07, 6.45) is 5.17. The highest BCUT2D eigenvalue weighted by atomic mass is 32.1. The molecule has 1 aromatic heterocycles. The van der Waals surface area contributed by atoms with Crippen molar-refractivity contribution in [1.29, 1.82) is 0 Å². The van der Waals surface area contributed by atoms with Crippen LogP contribution in [0.3, 0.4) is 0 Å². The maximum absolute atomic E-state index is 12.7. The van der Waals surface area contributed by atoms with Crippen LogP contribution >= 0.6 is 11.3 Å². The van der Waals surface area contributed by atoms with Crippen LogP contribution in [0.25, 0.3) is 0 Å². The highest BCUT2D eigenvalue weighted by Crippen LogP contribution is 2.24. The van der Waals surface area contributed by atoms with Crippen molar-refractivity contribution in [1.82, 2.24) is 10.3 Å². The minimum absolute atomic E-state index is 0.00356. The molecule has 8 heteroatoms. The van der Waals surface area contributed by atoms with E-state index in [1.807, 2.05) is 13.8 Å². The van der Waals surface area contributed by atoms with Gasteiger partial charge in [0.1, 0.15) is 6.04 Å². The molecule has 0 radical (unpaired) electrons. The zero-order valence-electron chi connectivity index (χ0n) is 16.2. The number of carbonyl (C=O) groups excluding carboxylic acids is 3. The Balaban J connectivity index is 1.93. The summed E-state index contributed by atoms with van der Waals surface area (Å²) in [7, 11) is 0. The van der Waals surface area contributed by atoms with E-state index in [4.69, 9.17) is 4.74 Å². The Morgan fingerprint density at radius 2 is 1.96 bits per heavy atom. The molecule has 1 aliphatic rings. The molecule has 2 amide bonds. The predicted molar refractivity (Wildman–Crippen MR) is 104 cm³/mol. The Bertz CT molecular complexity index is 653. The lowest BCUT2D eigenvalue weighted by Crippen LogP contribution is -2.49. The van der Waals surface area contributed by atoms with Gasteiger partial charge >= 0.3 is 5.97 Å². The quantitative estimate of drug-likeness (QED) is 0.660. The van der Waals surface area contributed by atoms with E-state index in [0.29, 0.717) is 17.4 Å². The van der Waals surface area contributed by atoms with E-state index >= 15 is 0 Å². The standard InChI is InChI=1S/C19H29N3O4S/c1-4-26-15(23)10-14-11-27-19(20-14)22-18(25)16(12(2)3)21-17(24)13-8-6-5-7-9-13/h11-13,16H,4-10H2,1-3H3,(H,21,24)(H,20,22,25)/t16-/m0/s1. The van der Waals surface area contributed by atoms with Crippen molar-refractivity contribution in [3.05, 3.63) is 11.1 Å². The minimum Gasteiger partial charge on any atom is -0.466 e. The van der Waals surface area contributed by atoms with Crippen LogP contribution in [-0.4, -0.2) is 35.4 Å². The molecule has 2 rings (SSSR count). The topological polar surface area (TPSA) is 97.4 Å². The minimum atomic E-state index is -0.614. The number of ether oxygens (including phenoxy) is 1. The number of hydrogen-bond acceptors (Lipinski definition) is 6. The first kappa shape index (κ1) is 21.3. The number of rotatable bonds is 8. The molecule has 7 nitrogen and oxygen atoms in total. The van der Waals surface area contributed by atoms with E-state index in [0.717, 1.165) is 25.7 Å². The summed E-state index contributed by atoms with van der Waals surface area (Å²) in [5, 5.41) is 7.81. The second-order valence-electron chi connectivity index (χ2n) is 7.18. The van der Waals surface area contributed by atoms with Crippen molar-refractivity contribution in [2.24, 2.45) is 11.8 Å². The number of anilines is 1. The van der Waals surface area contributed by atoms with Gasteiger partial charge in [-0.05, 0) is 25.7 Å². The van der Waals surface area contributed by atoms with Crippen LogP contribution in [0.4, 0.5) is 5.13 Å². The van der Waals surface area contributed by atoms with Crippen molar-refractivity contribution < 1.29 is 19.1 Å².